The first-order valence-electron chi connectivity index (χ1n) is 14.1. The molecule has 218 valence electrons. The normalized spacial score (nSPS) is 18.2. The molecule has 5 rings (SSSR count). The molecular formula is C31H34Cl2FN3O3S. The van der Waals surface area contributed by atoms with Gasteiger partial charge in [0.05, 0.1) is 27.0 Å². The van der Waals surface area contributed by atoms with Gasteiger partial charge in [-0.25, -0.2) is 17.5 Å². The Hall–Kier alpha value is -2.49. The molecule has 0 aliphatic heterocycles. The van der Waals surface area contributed by atoms with E-state index in [-0.39, 0.29) is 33.3 Å². The zero-order valence-corrected chi connectivity index (χ0v) is 25.0. The van der Waals surface area contributed by atoms with Crippen molar-refractivity contribution >= 4 is 39.1 Å². The highest BCUT2D eigenvalue weighted by Gasteiger charge is 2.27. The summed E-state index contributed by atoms with van der Waals surface area (Å²) >= 11 is 12.0. The molecule has 0 heterocycles. The third-order valence-corrected chi connectivity index (χ3v) is 10.2. The molecule has 1 saturated carbocycles. The minimum atomic E-state index is -4.11. The van der Waals surface area contributed by atoms with E-state index < -0.39 is 21.9 Å². The van der Waals surface area contributed by atoms with E-state index in [0.717, 1.165) is 31.4 Å². The summed E-state index contributed by atoms with van der Waals surface area (Å²) in [5, 5.41) is 7.07. The van der Waals surface area contributed by atoms with E-state index >= 15 is 0 Å². The summed E-state index contributed by atoms with van der Waals surface area (Å²) < 4.78 is 43.1. The van der Waals surface area contributed by atoms with Crippen LogP contribution in [0.1, 0.15) is 79.3 Å². The standard InChI is InChI=1S/C31H34Cl2FN3O3S/c32-27-14-12-25(17-28(27)33)41(39,40)37-30(22-6-3-7-23(34)16-22)18-31(38)36-29-10-4-5-21-15-20(11-13-26(21)29)19-35-24-8-1-2-9-24/h3,6-7,11-17,24,29-30,35,37H,1-2,4-5,8-10,18-19H2,(H,36,38). The third kappa shape index (κ3) is 7.67. The van der Waals surface area contributed by atoms with Crippen molar-refractivity contribution in [2.24, 2.45) is 0 Å². The lowest BCUT2D eigenvalue weighted by atomic mass is 9.86. The number of carbonyl (C=O) groups excluding carboxylic acids is 1. The molecule has 0 spiro atoms. The van der Waals surface area contributed by atoms with Gasteiger partial charge >= 0.3 is 0 Å². The van der Waals surface area contributed by atoms with Crippen LogP contribution in [0.25, 0.3) is 0 Å². The number of nitrogens with one attached hydrogen (secondary N) is 3. The van der Waals surface area contributed by atoms with Crippen molar-refractivity contribution in [2.75, 3.05) is 0 Å². The first-order valence-corrected chi connectivity index (χ1v) is 16.3. The Morgan fingerprint density at radius 1 is 0.951 bits per heavy atom. The van der Waals surface area contributed by atoms with Crippen molar-refractivity contribution in [1.82, 2.24) is 15.4 Å². The van der Waals surface area contributed by atoms with Gasteiger partial charge in [0.15, 0.2) is 0 Å². The first-order chi connectivity index (χ1) is 19.7. The fourth-order valence-electron chi connectivity index (χ4n) is 5.81. The van der Waals surface area contributed by atoms with Gasteiger partial charge in [-0.3, -0.25) is 4.79 Å². The highest BCUT2D eigenvalue weighted by molar-refractivity contribution is 7.89. The monoisotopic (exact) mass is 617 g/mol. The highest BCUT2D eigenvalue weighted by atomic mass is 35.5. The zero-order valence-electron chi connectivity index (χ0n) is 22.6. The molecular weight excluding hydrogens is 584 g/mol. The van der Waals surface area contributed by atoms with Gasteiger partial charge in [0.1, 0.15) is 5.82 Å². The van der Waals surface area contributed by atoms with Gasteiger partial charge in [-0.2, -0.15) is 0 Å². The van der Waals surface area contributed by atoms with Crippen molar-refractivity contribution in [2.45, 2.75) is 80.9 Å². The predicted octanol–water partition coefficient (Wildman–Crippen LogP) is 6.77. The number of amides is 1. The Morgan fingerprint density at radius 2 is 1.76 bits per heavy atom. The van der Waals surface area contributed by atoms with Crippen LogP contribution in [0.15, 0.2) is 65.6 Å². The van der Waals surface area contributed by atoms with Crippen molar-refractivity contribution in [3.63, 3.8) is 0 Å². The number of sulfonamides is 1. The SMILES string of the molecule is O=C(CC(NS(=O)(=O)c1ccc(Cl)c(Cl)c1)c1cccc(F)c1)NC1CCCc2cc(CNC3CCCC3)ccc21. The lowest BCUT2D eigenvalue weighted by Crippen LogP contribution is -2.36. The molecule has 3 aromatic rings. The van der Waals surface area contributed by atoms with Crippen LogP contribution >= 0.6 is 23.2 Å². The van der Waals surface area contributed by atoms with E-state index in [2.05, 4.69) is 33.6 Å². The second-order valence-corrected chi connectivity index (χ2v) is 13.4. The molecule has 3 N–H and O–H groups in total. The van der Waals surface area contributed by atoms with Gasteiger partial charge in [0.25, 0.3) is 0 Å². The second kappa shape index (κ2) is 13.2. The topological polar surface area (TPSA) is 87.3 Å². The van der Waals surface area contributed by atoms with Gasteiger partial charge in [0, 0.05) is 19.0 Å². The van der Waals surface area contributed by atoms with Crippen molar-refractivity contribution in [3.8, 4) is 0 Å². The summed E-state index contributed by atoms with van der Waals surface area (Å²) in [7, 11) is -4.11. The predicted molar refractivity (Wildman–Crippen MR) is 160 cm³/mol. The third-order valence-electron chi connectivity index (χ3n) is 7.95. The molecule has 10 heteroatoms. The maximum Gasteiger partial charge on any atom is 0.241 e. The number of rotatable bonds is 10. The maximum absolute atomic E-state index is 14.1. The number of benzene rings is 3. The quantitative estimate of drug-likeness (QED) is 0.234. The largest absolute Gasteiger partial charge is 0.349 e. The van der Waals surface area contributed by atoms with E-state index in [1.165, 1.54) is 73.2 Å². The van der Waals surface area contributed by atoms with Crippen LogP contribution in [0.3, 0.4) is 0 Å². The van der Waals surface area contributed by atoms with Gasteiger partial charge in [-0.15, -0.1) is 0 Å². The summed E-state index contributed by atoms with van der Waals surface area (Å²) in [6, 6.07) is 15.4. The number of fused-ring (bicyclic) bond motifs is 1. The molecule has 2 atom stereocenters. The van der Waals surface area contributed by atoms with Crippen molar-refractivity contribution in [1.29, 1.82) is 0 Å². The number of hydrogen-bond donors (Lipinski definition) is 3. The summed E-state index contributed by atoms with van der Waals surface area (Å²) in [4.78, 5) is 13.2. The summed E-state index contributed by atoms with van der Waals surface area (Å²) in [5.41, 5.74) is 3.90. The van der Waals surface area contributed by atoms with Crippen LogP contribution in [0.5, 0.6) is 0 Å². The minimum absolute atomic E-state index is 0.0861. The van der Waals surface area contributed by atoms with E-state index in [1.54, 1.807) is 6.07 Å². The van der Waals surface area contributed by atoms with Crippen LogP contribution in [0, 0.1) is 5.82 Å². The van der Waals surface area contributed by atoms with Gasteiger partial charge < -0.3 is 10.6 Å². The molecule has 0 aromatic heterocycles. The molecule has 2 unspecified atom stereocenters. The molecule has 0 radical (unpaired) electrons. The number of carbonyl (C=O) groups is 1. The van der Waals surface area contributed by atoms with Crippen molar-refractivity contribution in [3.05, 3.63) is 98.8 Å². The molecule has 2 aliphatic carbocycles. The fraction of sp³-hybridized carbons (Fsp3) is 0.387. The maximum atomic E-state index is 14.1. The summed E-state index contributed by atoms with van der Waals surface area (Å²) in [6.45, 7) is 0.837. The molecule has 0 saturated heterocycles. The fourth-order valence-corrected chi connectivity index (χ4v) is 7.42. The van der Waals surface area contributed by atoms with Gasteiger partial charge in [0.2, 0.25) is 15.9 Å². The highest BCUT2D eigenvalue weighted by Crippen LogP contribution is 2.32. The smallest absolute Gasteiger partial charge is 0.241 e. The molecule has 1 amide bonds. The second-order valence-electron chi connectivity index (χ2n) is 10.9. The molecule has 0 bridgehead atoms. The van der Waals surface area contributed by atoms with Crippen LogP contribution in [-0.2, 0) is 27.8 Å². The number of halogens is 3. The Bertz CT molecular complexity index is 1510. The van der Waals surface area contributed by atoms with Crippen LogP contribution in [-0.4, -0.2) is 20.4 Å². The van der Waals surface area contributed by atoms with E-state index in [9.17, 15) is 17.6 Å². The molecule has 3 aromatic carbocycles. The summed E-state index contributed by atoms with van der Waals surface area (Å²) in [6.07, 6.45) is 7.53. The van der Waals surface area contributed by atoms with Crippen LogP contribution in [0.2, 0.25) is 10.0 Å². The first kappa shape index (κ1) is 30.0. The zero-order chi connectivity index (χ0) is 29.0. The van der Waals surface area contributed by atoms with Gasteiger partial charge in [-0.1, -0.05) is 66.4 Å². The molecule has 2 aliphatic rings. The van der Waals surface area contributed by atoms with E-state index in [0.29, 0.717) is 11.6 Å². The van der Waals surface area contributed by atoms with Gasteiger partial charge in [-0.05, 0) is 84.7 Å². The Morgan fingerprint density at radius 3 is 2.51 bits per heavy atom. The Balaban J connectivity index is 1.30. The van der Waals surface area contributed by atoms with E-state index in [4.69, 9.17) is 23.2 Å². The lowest BCUT2D eigenvalue weighted by molar-refractivity contribution is -0.122. The molecule has 6 nitrogen and oxygen atoms in total. The average molecular weight is 619 g/mol. The Labute approximate surface area is 251 Å². The molecule has 1 fully saturated rings. The number of hydrogen-bond acceptors (Lipinski definition) is 4. The minimum Gasteiger partial charge on any atom is -0.349 e. The average Bonchev–Trinajstić information content (AvgIpc) is 3.47. The summed E-state index contributed by atoms with van der Waals surface area (Å²) in [5.74, 6) is -0.859. The van der Waals surface area contributed by atoms with Crippen molar-refractivity contribution < 1.29 is 17.6 Å². The molecule has 41 heavy (non-hydrogen) atoms. The lowest BCUT2D eigenvalue weighted by Gasteiger charge is -2.28. The van der Waals surface area contributed by atoms with E-state index in [1.807, 2.05) is 0 Å². The Kier molecular flexibility index (Phi) is 9.66. The van der Waals surface area contributed by atoms with Crippen LogP contribution in [0.4, 0.5) is 4.39 Å². The number of aryl methyl sites for hydroxylation is 1. The van der Waals surface area contributed by atoms with Crippen LogP contribution < -0.4 is 15.4 Å².